The minimum absolute atomic E-state index is 0.0822. The summed E-state index contributed by atoms with van der Waals surface area (Å²) in [7, 11) is 0. The summed E-state index contributed by atoms with van der Waals surface area (Å²) < 4.78 is 26.6. The molecule has 3 nitrogen and oxygen atoms in total. The first-order chi connectivity index (χ1) is 6.15. The standard InChI is InChI=1S/C8H10F2N2O/c9-8(10)3-1-2-5-7(8)6(4-13)12-11-5/h13H,1-4H2,(H,11,12). The van der Waals surface area contributed by atoms with Gasteiger partial charge >= 0.3 is 0 Å². The van der Waals surface area contributed by atoms with Crippen LogP contribution in [0.15, 0.2) is 0 Å². The molecule has 0 aliphatic heterocycles. The van der Waals surface area contributed by atoms with Gasteiger partial charge in [-0.05, 0) is 12.8 Å². The van der Waals surface area contributed by atoms with E-state index >= 15 is 0 Å². The van der Waals surface area contributed by atoms with Crippen LogP contribution in [0.4, 0.5) is 8.78 Å². The molecule has 0 saturated carbocycles. The molecule has 72 valence electrons. The first-order valence-electron chi connectivity index (χ1n) is 4.20. The lowest BCUT2D eigenvalue weighted by Gasteiger charge is -2.22. The summed E-state index contributed by atoms with van der Waals surface area (Å²) in [6, 6.07) is 0. The van der Waals surface area contributed by atoms with Crippen molar-refractivity contribution in [3.8, 4) is 0 Å². The zero-order valence-corrected chi connectivity index (χ0v) is 6.98. The van der Waals surface area contributed by atoms with Gasteiger partial charge in [0.05, 0.1) is 17.9 Å². The molecule has 0 saturated heterocycles. The van der Waals surface area contributed by atoms with Gasteiger partial charge in [0, 0.05) is 12.1 Å². The molecule has 1 aromatic heterocycles. The van der Waals surface area contributed by atoms with Crippen molar-refractivity contribution in [3.05, 3.63) is 17.0 Å². The second-order valence-electron chi connectivity index (χ2n) is 3.24. The maximum Gasteiger partial charge on any atom is 0.276 e. The Hall–Kier alpha value is -0.970. The maximum absolute atomic E-state index is 13.3. The van der Waals surface area contributed by atoms with E-state index in [4.69, 9.17) is 5.11 Å². The van der Waals surface area contributed by atoms with Crippen molar-refractivity contribution in [2.45, 2.75) is 31.8 Å². The van der Waals surface area contributed by atoms with Crippen molar-refractivity contribution in [1.29, 1.82) is 0 Å². The molecule has 0 unspecified atom stereocenters. The summed E-state index contributed by atoms with van der Waals surface area (Å²) in [5, 5.41) is 15.0. The van der Waals surface area contributed by atoms with Gasteiger partial charge in [-0.1, -0.05) is 0 Å². The molecule has 1 heterocycles. The minimum atomic E-state index is -2.82. The van der Waals surface area contributed by atoms with Crippen LogP contribution in [0.1, 0.15) is 29.8 Å². The zero-order chi connectivity index (χ0) is 9.47. The van der Waals surface area contributed by atoms with Crippen LogP contribution in [-0.4, -0.2) is 15.3 Å². The first-order valence-corrected chi connectivity index (χ1v) is 4.20. The Morgan fingerprint density at radius 3 is 3.00 bits per heavy atom. The Balaban J connectivity index is 2.52. The molecule has 2 N–H and O–H groups in total. The summed E-state index contributed by atoms with van der Waals surface area (Å²) in [6.07, 6.45) is 0.914. The van der Waals surface area contributed by atoms with Crippen LogP contribution in [0.5, 0.6) is 0 Å². The molecule has 1 aliphatic rings. The smallest absolute Gasteiger partial charge is 0.276 e. The van der Waals surface area contributed by atoms with Gasteiger partial charge in [0.25, 0.3) is 5.92 Å². The van der Waals surface area contributed by atoms with Gasteiger partial charge in [0.15, 0.2) is 0 Å². The third-order valence-electron chi connectivity index (χ3n) is 2.35. The molecule has 1 aromatic rings. The number of alkyl halides is 2. The molecule has 13 heavy (non-hydrogen) atoms. The number of nitrogens with one attached hydrogen (secondary N) is 1. The third kappa shape index (κ3) is 1.23. The number of rotatable bonds is 1. The molecule has 0 atom stereocenters. The number of aliphatic hydroxyl groups is 1. The normalized spacial score (nSPS) is 19.9. The van der Waals surface area contributed by atoms with E-state index < -0.39 is 12.5 Å². The highest BCUT2D eigenvalue weighted by atomic mass is 19.3. The van der Waals surface area contributed by atoms with Gasteiger partial charge in [-0.2, -0.15) is 5.10 Å². The lowest BCUT2D eigenvalue weighted by Crippen LogP contribution is -2.21. The largest absolute Gasteiger partial charge is 0.390 e. The topological polar surface area (TPSA) is 48.9 Å². The first kappa shape index (κ1) is 8.62. The van der Waals surface area contributed by atoms with Crippen LogP contribution < -0.4 is 0 Å². The fourth-order valence-corrected chi connectivity index (χ4v) is 1.76. The number of H-pyrrole nitrogens is 1. The molecular formula is C8H10F2N2O. The average molecular weight is 188 g/mol. The maximum atomic E-state index is 13.3. The number of halogens is 2. The molecule has 0 aromatic carbocycles. The third-order valence-corrected chi connectivity index (χ3v) is 2.35. The number of fused-ring (bicyclic) bond motifs is 1. The summed E-state index contributed by atoms with van der Waals surface area (Å²) >= 11 is 0. The molecule has 0 bridgehead atoms. The van der Waals surface area contributed by atoms with Crippen molar-refractivity contribution in [2.75, 3.05) is 0 Å². The molecule has 1 aliphatic carbocycles. The van der Waals surface area contributed by atoms with Crippen LogP contribution in [0, 0.1) is 0 Å². The molecule has 0 radical (unpaired) electrons. The Kier molecular flexibility index (Phi) is 1.83. The number of aromatic amines is 1. The van der Waals surface area contributed by atoms with E-state index in [1.54, 1.807) is 0 Å². The number of aryl methyl sites for hydroxylation is 1. The summed E-state index contributed by atoms with van der Waals surface area (Å²) in [6.45, 7) is -0.429. The van der Waals surface area contributed by atoms with Crippen molar-refractivity contribution in [2.24, 2.45) is 0 Å². The van der Waals surface area contributed by atoms with Gasteiger partial charge in [-0.15, -0.1) is 0 Å². The van der Waals surface area contributed by atoms with E-state index in [9.17, 15) is 8.78 Å². The number of aliphatic hydroxyl groups excluding tert-OH is 1. The Bertz CT molecular complexity index is 308. The van der Waals surface area contributed by atoms with Crippen LogP contribution in [0.3, 0.4) is 0 Å². The molecule has 0 spiro atoms. The van der Waals surface area contributed by atoms with Crippen molar-refractivity contribution in [3.63, 3.8) is 0 Å². The second kappa shape index (κ2) is 2.77. The average Bonchev–Trinajstić information content (AvgIpc) is 2.48. The van der Waals surface area contributed by atoms with E-state index in [1.807, 2.05) is 0 Å². The van der Waals surface area contributed by atoms with Crippen molar-refractivity contribution < 1.29 is 13.9 Å². The summed E-state index contributed by atoms with van der Waals surface area (Å²) in [5.41, 5.74) is 0.473. The van der Waals surface area contributed by atoms with E-state index in [0.29, 0.717) is 18.5 Å². The predicted molar refractivity (Wildman–Crippen MR) is 41.3 cm³/mol. The van der Waals surface area contributed by atoms with Gasteiger partial charge in [0.1, 0.15) is 0 Å². The van der Waals surface area contributed by atoms with E-state index in [2.05, 4.69) is 10.2 Å². The molecular weight excluding hydrogens is 178 g/mol. The highest BCUT2D eigenvalue weighted by molar-refractivity contribution is 5.31. The zero-order valence-electron chi connectivity index (χ0n) is 6.98. The predicted octanol–water partition coefficient (Wildman–Crippen LogP) is 1.33. The fraction of sp³-hybridized carbons (Fsp3) is 0.625. The quantitative estimate of drug-likeness (QED) is 0.698. The van der Waals surface area contributed by atoms with E-state index in [1.165, 1.54) is 0 Å². The van der Waals surface area contributed by atoms with Crippen molar-refractivity contribution >= 4 is 0 Å². The van der Waals surface area contributed by atoms with Gasteiger partial charge in [0.2, 0.25) is 0 Å². The van der Waals surface area contributed by atoms with Crippen LogP contribution in [0.25, 0.3) is 0 Å². The highest BCUT2D eigenvalue weighted by Crippen LogP contribution is 2.40. The molecule has 0 fully saturated rings. The van der Waals surface area contributed by atoms with Gasteiger partial charge in [-0.3, -0.25) is 5.10 Å². The molecule has 5 heteroatoms. The SMILES string of the molecule is OCc1n[nH]c2c1C(F)(F)CCC2. The monoisotopic (exact) mass is 188 g/mol. The van der Waals surface area contributed by atoms with Gasteiger partial charge < -0.3 is 5.11 Å². The number of nitrogens with zero attached hydrogens (tertiary/aromatic N) is 1. The number of hydrogen-bond donors (Lipinski definition) is 2. The van der Waals surface area contributed by atoms with Crippen LogP contribution in [0.2, 0.25) is 0 Å². The summed E-state index contributed by atoms with van der Waals surface area (Å²) in [4.78, 5) is 0. The Morgan fingerprint density at radius 2 is 2.31 bits per heavy atom. The Labute approximate surface area is 73.8 Å². The van der Waals surface area contributed by atoms with Crippen LogP contribution in [-0.2, 0) is 19.0 Å². The number of aromatic nitrogens is 2. The van der Waals surface area contributed by atoms with E-state index in [-0.39, 0.29) is 17.7 Å². The lowest BCUT2D eigenvalue weighted by atomic mass is 9.92. The van der Waals surface area contributed by atoms with Crippen LogP contribution >= 0.6 is 0 Å². The summed E-state index contributed by atoms with van der Waals surface area (Å²) in [5.74, 6) is -2.82. The lowest BCUT2D eigenvalue weighted by molar-refractivity contribution is -0.0234. The van der Waals surface area contributed by atoms with Gasteiger partial charge in [-0.25, -0.2) is 8.78 Å². The second-order valence-corrected chi connectivity index (χ2v) is 3.24. The fourth-order valence-electron chi connectivity index (χ4n) is 1.76. The number of hydrogen-bond acceptors (Lipinski definition) is 2. The van der Waals surface area contributed by atoms with E-state index in [0.717, 1.165) is 0 Å². The minimum Gasteiger partial charge on any atom is -0.390 e. The highest BCUT2D eigenvalue weighted by Gasteiger charge is 2.40. The molecule has 0 amide bonds. The Morgan fingerprint density at radius 1 is 1.54 bits per heavy atom. The van der Waals surface area contributed by atoms with Crippen molar-refractivity contribution in [1.82, 2.24) is 10.2 Å². The molecule has 2 rings (SSSR count).